The van der Waals surface area contributed by atoms with Gasteiger partial charge in [-0.15, -0.1) is 0 Å². The maximum Gasteiger partial charge on any atom is 0.0659 e. The fraction of sp³-hybridized carbons (Fsp3) is 0. The predicted octanol–water partition coefficient (Wildman–Crippen LogP) is 27.9. The second-order valence-electron chi connectivity index (χ2n) is 35.4. The molecule has 18 aromatic heterocycles. The molecule has 30 heterocycles. The molecule has 12 aliphatic rings. The van der Waals surface area contributed by atoms with Crippen molar-refractivity contribution in [1.29, 1.82) is 0 Å². The van der Waals surface area contributed by atoms with E-state index in [1.54, 1.807) is 0 Å². The van der Waals surface area contributed by atoms with Crippen molar-refractivity contribution in [2.24, 2.45) is 0 Å². The van der Waals surface area contributed by atoms with Gasteiger partial charge >= 0.3 is 0 Å². The number of hydrogen-bond donors (Lipinski definition) is 12. The molecule has 0 aromatic carbocycles. The molecule has 0 amide bonds. The molecule has 30 rings (SSSR count). The first kappa shape index (κ1) is 87.9. The molecule has 695 valence electrons. The summed E-state index contributed by atoms with van der Waals surface area (Å²) < 4.78 is 0. The molecule has 48 bridgehead atoms. The van der Waals surface area contributed by atoms with Crippen molar-refractivity contribution >= 4 is 278 Å². The zero-order valence-corrected chi connectivity index (χ0v) is 78.2. The van der Waals surface area contributed by atoms with E-state index in [-0.39, 0.29) is 17.1 Å². The van der Waals surface area contributed by atoms with Crippen molar-refractivity contribution in [1.82, 2.24) is 120 Å². The monoisotopic (exact) mass is 1920 g/mol. The summed E-state index contributed by atoms with van der Waals surface area (Å²) in [7, 11) is 0. The van der Waals surface area contributed by atoms with Crippen molar-refractivity contribution in [2.45, 2.75) is 0 Å². The Kier molecular flexibility index (Phi) is 23.5. The normalized spacial score (nSPS) is 12.6. The SMILES string of the molecule is C1=Cc2cc3ccc(cc4ccc(cc5nc(cc1n2)C=C5)[nH]4)[nH]3.C1=Cc2cc3ccc(cc4ccc(cc5nc(cc1n2)C=C5)[nH]4)[nH]3.C1=Cc2cc3ccc(cc4ccc(cc5nc(cc1n2)C=C5)[nH]4)[nH]3.C1=Cc2cc3ccc(cc4ccc(cc5nc(cc1n2)C=C5)[nH]4)[nH]3.C1=Cc2cc3ccc(cc4ccc(cc5nc(cc1n2)C=C5)[nH]4)[nH]3.C1=Cc2cc3ccc(cc4ccc(cc5nc(cc1n2)C=C5)[nH]4)[nH]3.[Cu]. The number of nitrogens with one attached hydrogen (secondary N) is 12. The summed E-state index contributed by atoms with van der Waals surface area (Å²) in [6.45, 7) is 0. The van der Waals surface area contributed by atoms with Crippen molar-refractivity contribution in [3.8, 4) is 0 Å². The molecule has 18 aromatic rings. The molecular formula is C120H84CuN24. The minimum absolute atomic E-state index is 0. The van der Waals surface area contributed by atoms with Crippen LogP contribution in [-0.4, -0.2) is 120 Å². The van der Waals surface area contributed by atoms with Gasteiger partial charge in [-0.1, -0.05) is 0 Å². The van der Waals surface area contributed by atoms with E-state index in [1.807, 2.05) is 255 Å². The number of hydrogen-bond acceptors (Lipinski definition) is 12. The van der Waals surface area contributed by atoms with Crippen molar-refractivity contribution in [3.63, 3.8) is 0 Å². The van der Waals surface area contributed by atoms with Crippen molar-refractivity contribution in [3.05, 3.63) is 428 Å². The Morgan fingerprint density at radius 1 is 0.0828 bits per heavy atom. The van der Waals surface area contributed by atoms with E-state index in [4.69, 9.17) is 0 Å². The Bertz CT molecular complexity index is 7880. The molecule has 24 nitrogen and oxygen atoms in total. The third-order valence-electron chi connectivity index (χ3n) is 24.3. The third-order valence-corrected chi connectivity index (χ3v) is 24.3. The number of rotatable bonds is 0. The van der Waals surface area contributed by atoms with Gasteiger partial charge in [-0.3, -0.25) is 0 Å². The van der Waals surface area contributed by atoms with Gasteiger partial charge in [0, 0.05) is 149 Å². The molecule has 0 saturated carbocycles. The zero-order chi connectivity index (χ0) is 95.6. The van der Waals surface area contributed by atoms with Crippen LogP contribution in [0.4, 0.5) is 0 Å². The number of H-pyrrole nitrogens is 12. The van der Waals surface area contributed by atoms with Crippen LogP contribution in [0.15, 0.2) is 291 Å². The Balaban J connectivity index is 0.0000000933. The van der Waals surface area contributed by atoms with Gasteiger partial charge in [0.15, 0.2) is 0 Å². The molecule has 0 fully saturated rings. The van der Waals surface area contributed by atoms with E-state index in [0.29, 0.717) is 0 Å². The summed E-state index contributed by atoms with van der Waals surface area (Å²) >= 11 is 0. The summed E-state index contributed by atoms with van der Waals surface area (Å²) in [6.07, 6.45) is 48.3. The Morgan fingerprint density at radius 2 is 0.145 bits per heavy atom. The molecule has 0 spiro atoms. The molecule has 25 heteroatoms. The minimum atomic E-state index is 0. The standard InChI is InChI=1S/6C20H14N4.Cu/c6*1-2-14-10-16-5-6-18(23-16)12-20-8-7-19(24-20)11-17-4-3-15(22-17)9-13(1)21-14;/h6*1-12,21-22H;. The Morgan fingerprint density at radius 3 is 0.221 bits per heavy atom. The number of fused-ring (bicyclic) bond motifs is 48. The molecule has 12 aliphatic heterocycles. The zero-order valence-electron chi connectivity index (χ0n) is 77.2. The first-order chi connectivity index (χ1) is 70.8. The molecular weight excluding hydrogens is 1840 g/mol. The maximum absolute atomic E-state index is 4.62. The van der Waals surface area contributed by atoms with E-state index in [0.717, 1.165) is 269 Å². The van der Waals surface area contributed by atoms with E-state index < -0.39 is 0 Å². The van der Waals surface area contributed by atoms with Gasteiger partial charge in [-0.05, 0) is 437 Å². The molecule has 0 saturated heterocycles. The van der Waals surface area contributed by atoms with Crippen molar-refractivity contribution in [2.75, 3.05) is 0 Å². The van der Waals surface area contributed by atoms with Crippen LogP contribution in [-0.2, 0) is 17.1 Å². The summed E-state index contributed by atoms with van der Waals surface area (Å²) in [5.74, 6) is 0. The van der Waals surface area contributed by atoms with Crippen LogP contribution in [0.25, 0.3) is 278 Å². The van der Waals surface area contributed by atoms with Crippen LogP contribution >= 0.6 is 0 Å². The van der Waals surface area contributed by atoms with E-state index in [2.05, 4.69) is 302 Å². The van der Waals surface area contributed by atoms with Gasteiger partial charge in [0.2, 0.25) is 0 Å². The van der Waals surface area contributed by atoms with E-state index in [1.165, 1.54) is 0 Å². The molecule has 145 heavy (non-hydrogen) atoms. The number of aromatic amines is 12. The summed E-state index contributed by atoms with van der Waals surface area (Å²) in [6, 6.07) is 98.4. The van der Waals surface area contributed by atoms with Crippen LogP contribution in [0.5, 0.6) is 0 Å². The van der Waals surface area contributed by atoms with Crippen molar-refractivity contribution < 1.29 is 17.1 Å². The van der Waals surface area contributed by atoms with Crippen LogP contribution in [0, 0.1) is 0 Å². The van der Waals surface area contributed by atoms with Crippen LogP contribution < -0.4 is 0 Å². The number of aromatic nitrogens is 24. The molecule has 0 atom stereocenters. The summed E-state index contributed by atoms with van der Waals surface area (Å²) in [4.78, 5) is 96.1. The van der Waals surface area contributed by atoms with Gasteiger partial charge in [-0.25, -0.2) is 59.8 Å². The smallest absolute Gasteiger partial charge is 0.0659 e. The quantitative estimate of drug-likeness (QED) is 0.0631. The summed E-state index contributed by atoms with van der Waals surface area (Å²) in [5, 5.41) is 0. The van der Waals surface area contributed by atoms with Gasteiger partial charge in [0.25, 0.3) is 0 Å². The van der Waals surface area contributed by atoms with E-state index >= 15 is 0 Å². The summed E-state index contributed by atoms with van der Waals surface area (Å²) in [5.41, 5.74) is 47.2. The van der Waals surface area contributed by atoms with E-state index in [9.17, 15) is 0 Å². The van der Waals surface area contributed by atoms with Gasteiger partial charge in [-0.2, -0.15) is 0 Å². The minimum Gasteiger partial charge on any atom is -0.355 e. The Hall–Kier alpha value is -19.9. The van der Waals surface area contributed by atoms with Gasteiger partial charge in [0.1, 0.15) is 0 Å². The number of nitrogens with zero attached hydrogens (tertiary/aromatic N) is 12. The molecule has 0 aliphatic carbocycles. The van der Waals surface area contributed by atoms with Crippen LogP contribution in [0.1, 0.15) is 137 Å². The maximum atomic E-state index is 4.62. The molecule has 0 unspecified atom stereocenters. The first-order valence-corrected chi connectivity index (χ1v) is 47.1. The predicted molar refractivity (Wildman–Crippen MR) is 593 cm³/mol. The average Bonchev–Trinajstić information content (AvgIpc) is 1.71. The third kappa shape index (κ3) is 21.7. The average molecular weight is 1930 g/mol. The Labute approximate surface area is 837 Å². The first-order valence-electron chi connectivity index (χ1n) is 47.1. The second-order valence-corrected chi connectivity index (χ2v) is 35.4. The molecule has 12 N–H and O–H groups in total. The second kappa shape index (κ2) is 38.8. The van der Waals surface area contributed by atoms with Gasteiger partial charge in [0.05, 0.1) is 137 Å². The fourth-order valence-corrected chi connectivity index (χ4v) is 17.7. The fourth-order valence-electron chi connectivity index (χ4n) is 17.7. The van der Waals surface area contributed by atoms with Crippen LogP contribution in [0.2, 0.25) is 0 Å². The largest absolute Gasteiger partial charge is 0.355 e. The molecule has 1 radical (unpaired) electrons. The van der Waals surface area contributed by atoms with Gasteiger partial charge < -0.3 is 59.8 Å². The van der Waals surface area contributed by atoms with Crippen LogP contribution in [0.3, 0.4) is 0 Å². The topological polar surface area (TPSA) is 344 Å².